The molecule has 1 unspecified atom stereocenters. The van der Waals surface area contributed by atoms with Crippen LogP contribution in [0.1, 0.15) is 24.1 Å². The van der Waals surface area contributed by atoms with E-state index >= 15 is 0 Å². The Labute approximate surface area is 125 Å². The summed E-state index contributed by atoms with van der Waals surface area (Å²) in [5, 5.41) is 4.80. The van der Waals surface area contributed by atoms with E-state index in [1.54, 1.807) is 0 Å². The van der Waals surface area contributed by atoms with E-state index in [0.29, 0.717) is 0 Å². The molecule has 0 fully saturated rings. The summed E-state index contributed by atoms with van der Waals surface area (Å²) in [6.45, 7) is 3.07. The molecule has 0 bridgehead atoms. The molecule has 0 aliphatic rings. The number of likely N-dealkylation sites (N-methyl/N-ethyl adjacent to an activating group) is 1. The first-order valence-electron chi connectivity index (χ1n) is 7.34. The van der Waals surface area contributed by atoms with Crippen molar-refractivity contribution in [2.45, 2.75) is 19.4 Å². The predicted molar refractivity (Wildman–Crippen MR) is 86.1 cm³/mol. The van der Waals surface area contributed by atoms with Crippen LogP contribution < -0.4 is 5.32 Å². The topological polar surface area (TPSA) is 37.8 Å². The molecule has 0 saturated heterocycles. The van der Waals surface area contributed by atoms with Gasteiger partial charge in [0.25, 0.3) is 0 Å². The largest absolute Gasteiger partial charge is 0.310 e. The summed E-state index contributed by atoms with van der Waals surface area (Å²) < 4.78 is 0. The van der Waals surface area contributed by atoms with Crippen molar-refractivity contribution in [3.8, 4) is 0 Å². The molecule has 1 atom stereocenters. The van der Waals surface area contributed by atoms with Gasteiger partial charge < -0.3 is 5.32 Å². The van der Waals surface area contributed by atoms with E-state index in [-0.39, 0.29) is 6.04 Å². The third-order valence-electron chi connectivity index (χ3n) is 3.67. The second-order valence-corrected chi connectivity index (χ2v) is 5.09. The maximum Gasteiger partial charge on any atom is 0.0705 e. The van der Waals surface area contributed by atoms with E-state index in [1.807, 2.05) is 30.7 Å². The van der Waals surface area contributed by atoms with Crippen LogP contribution in [0.5, 0.6) is 0 Å². The molecule has 1 N–H and O–H groups in total. The van der Waals surface area contributed by atoms with Crippen LogP contribution in [-0.2, 0) is 6.42 Å². The van der Waals surface area contributed by atoms with Crippen LogP contribution in [-0.4, -0.2) is 16.5 Å². The summed E-state index contributed by atoms with van der Waals surface area (Å²) in [5.74, 6) is 0. The molecule has 3 nitrogen and oxygen atoms in total. The second kappa shape index (κ2) is 6.46. The molecule has 3 aromatic rings. The van der Waals surface area contributed by atoms with Crippen molar-refractivity contribution < 1.29 is 0 Å². The van der Waals surface area contributed by atoms with Gasteiger partial charge in [0.1, 0.15) is 0 Å². The van der Waals surface area contributed by atoms with Gasteiger partial charge in [-0.05, 0) is 42.3 Å². The Hall–Kier alpha value is -2.26. The maximum atomic E-state index is 4.45. The van der Waals surface area contributed by atoms with Gasteiger partial charge in [-0.3, -0.25) is 9.97 Å². The second-order valence-electron chi connectivity index (χ2n) is 5.09. The third-order valence-corrected chi connectivity index (χ3v) is 3.67. The van der Waals surface area contributed by atoms with E-state index in [4.69, 9.17) is 0 Å². The highest BCUT2D eigenvalue weighted by Crippen LogP contribution is 2.25. The normalized spacial score (nSPS) is 12.4. The third kappa shape index (κ3) is 3.09. The average molecular weight is 277 g/mol. The lowest BCUT2D eigenvalue weighted by Gasteiger charge is -2.20. The average Bonchev–Trinajstić information content (AvgIpc) is 2.55. The van der Waals surface area contributed by atoms with Crippen LogP contribution in [0.4, 0.5) is 0 Å². The molecule has 3 heteroatoms. The molecule has 0 aliphatic carbocycles. The number of nitrogens with zero attached hydrogens (tertiary/aromatic N) is 2. The molecule has 2 aromatic heterocycles. The summed E-state index contributed by atoms with van der Waals surface area (Å²) in [4.78, 5) is 8.67. The molecule has 0 saturated carbocycles. The van der Waals surface area contributed by atoms with E-state index in [2.05, 4.69) is 52.5 Å². The molecular weight excluding hydrogens is 258 g/mol. The highest BCUT2D eigenvalue weighted by molar-refractivity contribution is 5.82. The first-order valence-corrected chi connectivity index (χ1v) is 7.34. The first kappa shape index (κ1) is 13.7. The number of nitrogens with one attached hydrogen (secondary N) is 1. The zero-order valence-electron chi connectivity index (χ0n) is 12.2. The fraction of sp³-hybridized carbons (Fsp3) is 0.222. The fourth-order valence-electron chi connectivity index (χ4n) is 2.71. The molecule has 0 amide bonds. The number of rotatable bonds is 5. The Bertz CT molecular complexity index is 704. The van der Waals surface area contributed by atoms with Crippen LogP contribution in [0.3, 0.4) is 0 Å². The SMILES string of the molecule is CCNC(Cc1cccnc1)c1ccnc2ccccc12. The molecule has 1 aromatic carbocycles. The predicted octanol–water partition coefficient (Wildman–Crippen LogP) is 3.52. The van der Waals surface area contributed by atoms with Gasteiger partial charge in [-0.15, -0.1) is 0 Å². The summed E-state index contributed by atoms with van der Waals surface area (Å²) in [7, 11) is 0. The monoisotopic (exact) mass is 277 g/mol. The highest BCUT2D eigenvalue weighted by atomic mass is 14.9. The van der Waals surface area contributed by atoms with Crippen LogP contribution in [0.2, 0.25) is 0 Å². The van der Waals surface area contributed by atoms with Crippen molar-refractivity contribution in [3.63, 3.8) is 0 Å². The molecule has 0 radical (unpaired) electrons. The molecular formula is C18H19N3. The first-order chi connectivity index (χ1) is 10.4. The Balaban J connectivity index is 1.99. The Kier molecular flexibility index (Phi) is 4.22. The Morgan fingerprint density at radius 1 is 1.05 bits per heavy atom. The van der Waals surface area contributed by atoms with Crippen LogP contribution in [0, 0.1) is 0 Å². The molecule has 3 rings (SSSR count). The lowest BCUT2D eigenvalue weighted by atomic mass is 9.96. The van der Waals surface area contributed by atoms with Crippen molar-refractivity contribution >= 4 is 10.9 Å². The van der Waals surface area contributed by atoms with Crippen LogP contribution in [0.25, 0.3) is 10.9 Å². The lowest BCUT2D eigenvalue weighted by Crippen LogP contribution is -2.23. The van der Waals surface area contributed by atoms with E-state index < -0.39 is 0 Å². The van der Waals surface area contributed by atoms with E-state index in [0.717, 1.165) is 18.5 Å². The van der Waals surface area contributed by atoms with Gasteiger partial charge in [0, 0.05) is 30.0 Å². The molecule has 0 spiro atoms. The minimum Gasteiger partial charge on any atom is -0.310 e. The van der Waals surface area contributed by atoms with Gasteiger partial charge >= 0.3 is 0 Å². The van der Waals surface area contributed by atoms with E-state index in [1.165, 1.54) is 16.5 Å². The number of hydrogen-bond donors (Lipinski definition) is 1. The van der Waals surface area contributed by atoms with Crippen molar-refractivity contribution in [2.24, 2.45) is 0 Å². The van der Waals surface area contributed by atoms with Crippen LogP contribution >= 0.6 is 0 Å². The Morgan fingerprint density at radius 3 is 2.76 bits per heavy atom. The standard InChI is InChI=1S/C18H19N3/c1-2-20-18(12-14-6-5-10-19-13-14)16-9-11-21-17-8-4-3-7-15(16)17/h3-11,13,18,20H,2,12H2,1H3. The van der Waals surface area contributed by atoms with E-state index in [9.17, 15) is 0 Å². The van der Waals surface area contributed by atoms with Crippen molar-refractivity contribution in [1.82, 2.24) is 15.3 Å². The summed E-state index contributed by atoms with van der Waals surface area (Å²) in [6.07, 6.45) is 6.57. The number of aromatic nitrogens is 2. The van der Waals surface area contributed by atoms with Gasteiger partial charge in [0.05, 0.1) is 5.52 Å². The van der Waals surface area contributed by atoms with Gasteiger partial charge in [-0.1, -0.05) is 31.2 Å². The zero-order chi connectivity index (χ0) is 14.5. The number of benzene rings is 1. The minimum absolute atomic E-state index is 0.270. The Morgan fingerprint density at radius 2 is 1.95 bits per heavy atom. The van der Waals surface area contributed by atoms with Crippen molar-refractivity contribution in [1.29, 1.82) is 0 Å². The summed E-state index contributed by atoms with van der Waals surface area (Å²) >= 11 is 0. The maximum absolute atomic E-state index is 4.45. The van der Waals surface area contributed by atoms with Gasteiger partial charge in [0.15, 0.2) is 0 Å². The van der Waals surface area contributed by atoms with Crippen LogP contribution in [0.15, 0.2) is 61.1 Å². The molecule has 106 valence electrons. The molecule has 21 heavy (non-hydrogen) atoms. The minimum atomic E-state index is 0.270. The van der Waals surface area contributed by atoms with Crippen molar-refractivity contribution in [3.05, 3.63) is 72.2 Å². The number of hydrogen-bond acceptors (Lipinski definition) is 3. The highest BCUT2D eigenvalue weighted by Gasteiger charge is 2.14. The summed E-state index contributed by atoms with van der Waals surface area (Å²) in [6, 6.07) is 14.8. The van der Waals surface area contributed by atoms with Gasteiger partial charge in [-0.25, -0.2) is 0 Å². The fourth-order valence-corrected chi connectivity index (χ4v) is 2.71. The number of fused-ring (bicyclic) bond motifs is 1. The zero-order valence-corrected chi connectivity index (χ0v) is 12.2. The summed E-state index contributed by atoms with van der Waals surface area (Å²) in [5.41, 5.74) is 3.58. The van der Waals surface area contributed by atoms with Crippen molar-refractivity contribution in [2.75, 3.05) is 6.54 Å². The smallest absolute Gasteiger partial charge is 0.0705 e. The molecule has 0 aliphatic heterocycles. The lowest BCUT2D eigenvalue weighted by molar-refractivity contribution is 0.552. The molecule has 2 heterocycles. The van der Waals surface area contributed by atoms with Gasteiger partial charge in [-0.2, -0.15) is 0 Å². The van der Waals surface area contributed by atoms with Gasteiger partial charge in [0.2, 0.25) is 0 Å². The number of para-hydroxylation sites is 1. The number of pyridine rings is 2. The quantitative estimate of drug-likeness (QED) is 0.775.